The van der Waals surface area contributed by atoms with Crippen molar-refractivity contribution in [3.63, 3.8) is 0 Å². The van der Waals surface area contributed by atoms with Crippen LogP contribution < -0.4 is 0 Å². The molecule has 0 spiro atoms. The normalized spacial score (nSPS) is 7.65. The number of ketones is 2. The Labute approximate surface area is 106 Å². The Bertz CT molecular complexity index is 129. The van der Waals surface area contributed by atoms with Crippen LogP contribution in [0.15, 0.2) is 0 Å². The molecule has 0 amide bonds. The number of hydrogen-bond donors (Lipinski definition) is 2. The Hall–Kier alpha value is -0.740. The number of rotatable bonds is 2. The zero-order valence-electron chi connectivity index (χ0n) is 12.4. The fourth-order valence-electron chi connectivity index (χ4n) is 0.158. The minimum atomic E-state index is -0.167. The van der Waals surface area contributed by atoms with Crippen molar-refractivity contribution in [1.29, 1.82) is 0 Å². The van der Waals surface area contributed by atoms with Crippen molar-refractivity contribution in [3.8, 4) is 0 Å². The molecule has 0 saturated heterocycles. The van der Waals surface area contributed by atoms with Crippen LogP contribution >= 0.6 is 0 Å². The molecule has 0 radical (unpaired) electrons. The molecule has 17 heavy (non-hydrogen) atoms. The first kappa shape index (κ1) is 25.2. The summed E-state index contributed by atoms with van der Waals surface area (Å²) in [4.78, 5) is 18.9. The van der Waals surface area contributed by atoms with Crippen LogP contribution in [-0.4, -0.2) is 34.5 Å². The molecule has 0 aliphatic heterocycles. The summed E-state index contributed by atoms with van der Waals surface area (Å²) in [5, 5.41) is 16.1. The summed E-state index contributed by atoms with van der Waals surface area (Å²) >= 11 is 0. The smallest absolute Gasteiger partial charge is 0.126 e. The monoisotopic (exact) mass is 250 g/mol. The van der Waals surface area contributed by atoms with Gasteiger partial charge in [0, 0.05) is 12.7 Å². The van der Waals surface area contributed by atoms with E-state index in [-0.39, 0.29) is 17.7 Å². The molecule has 4 heteroatoms. The molecule has 106 valence electrons. The molecule has 0 unspecified atom stereocenters. The van der Waals surface area contributed by atoms with E-state index in [1.165, 1.54) is 27.7 Å². The van der Waals surface area contributed by atoms with Gasteiger partial charge in [-0.15, -0.1) is 0 Å². The number of Topliss-reactive ketones (excluding diaryl/α,β-unsaturated/α-hetero) is 2. The van der Waals surface area contributed by atoms with Crippen LogP contribution in [-0.2, 0) is 9.59 Å². The van der Waals surface area contributed by atoms with E-state index in [1.807, 2.05) is 0 Å². The maximum Gasteiger partial charge on any atom is 0.126 e. The Morgan fingerprint density at radius 1 is 1.00 bits per heavy atom. The van der Waals surface area contributed by atoms with E-state index in [9.17, 15) is 9.59 Å². The van der Waals surface area contributed by atoms with E-state index < -0.39 is 0 Å². The number of unbranched alkanes of at least 4 members (excludes halogenated alkanes) is 1. The molecule has 4 nitrogen and oxygen atoms in total. The molecule has 0 aliphatic carbocycles. The highest BCUT2D eigenvalue weighted by Crippen LogP contribution is 1.78. The number of hydrogen-bond acceptors (Lipinski definition) is 4. The third-order valence-electron chi connectivity index (χ3n) is 0.512. The van der Waals surface area contributed by atoms with Gasteiger partial charge < -0.3 is 19.8 Å². The standard InChI is InChI=1S/C4H10O.C3H8O.2C3H6O/c1-2-3-4-5;3*1-3(2)4/h5H,2-4H2,1H3;3-4H,1-2H3;2*1-2H3. The second kappa shape index (κ2) is 24.5. The van der Waals surface area contributed by atoms with Crippen LogP contribution in [0.2, 0.25) is 0 Å². The average Bonchev–Trinajstić information content (AvgIpc) is 2.01. The lowest BCUT2D eigenvalue weighted by Crippen LogP contribution is -1.85. The van der Waals surface area contributed by atoms with Gasteiger partial charge in [-0.05, 0) is 48.0 Å². The predicted molar refractivity (Wildman–Crippen MR) is 72.1 cm³/mol. The van der Waals surface area contributed by atoms with E-state index in [1.54, 1.807) is 13.8 Å². The third-order valence-corrected chi connectivity index (χ3v) is 0.512. The summed E-state index contributed by atoms with van der Waals surface area (Å²) < 4.78 is 0. The summed E-state index contributed by atoms with van der Waals surface area (Å²) in [5.41, 5.74) is 0. The van der Waals surface area contributed by atoms with Crippen LogP contribution in [0.5, 0.6) is 0 Å². The summed E-state index contributed by atoms with van der Waals surface area (Å²) in [6, 6.07) is 0. The van der Waals surface area contributed by atoms with Gasteiger partial charge in [-0.2, -0.15) is 0 Å². The number of aliphatic hydroxyl groups excluding tert-OH is 2. The fourth-order valence-corrected chi connectivity index (χ4v) is 0.158. The summed E-state index contributed by atoms with van der Waals surface area (Å²) in [6.45, 7) is 12.0. The summed E-state index contributed by atoms with van der Waals surface area (Å²) in [7, 11) is 0. The van der Waals surface area contributed by atoms with Gasteiger partial charge in [0.2, 0.25) is 0 Å². The Morgan fingerprint density at radius 3 is 1.18 bits per heavy atom. The van der Waals surface area contributed by atoms with Gasteiger partial charge >= 0.3 is 0 Å². The van der Waals surface area contributed by atoms with Gasteiger partial charge in [0.15, 0.2) is 0 Å². The van der Waals surface area contributed by atoms with Crippen molar-refractivity contribution >= 4 is 11.6 Å². The Morgan fingerprint density at radius 2 is 1.18 bits per heavy atom. The molecule has 0 fully saturated rings. The van der Waals surface area contributed by atoms with Crippen LogP contribution in [0.1, 0.15) is 61.3 Å². The van der Waals surface area contributed by atoms with E-state index >= 15 is 0 Å². The zero-order valence-corrected chi connectivity index (χ0v) is 12.4. The summed E-state index contributed by atoms with van der Waals surface area (Å²) in [6.07, 6.45) is 1.87. The number of aliphatic hydroxyl groups is 2. The minimum absolute atomic E-state index is 0.167. The maximum atomic E-state index is 9.44. The van der Waals surface area contributed by atoms with Crippen LogP contribution in [0.3, 0.4) is 0 Å². The molecule has 0 bridgehead atoms. The zero-order chi connectivity index (χ0) is 14.9. The lowest BCUT2D eigenvalue weighted by atomic mass is 10.4. The molecule has 0 aromatic heterocycles. The molecule has 0 heterocycles. The molecule has 0 saturated carbocycles. The van der Waals surface area contributed by atoms with E-state index in [4.69, 9.17) is 10.2 Å². The van der Waals surface area contributed by atoms with Crippen molar-refractivity contribution < 1.29 is 19.8 Å². The molecule has 2 N–H and O–H groups in total. The highest BCUT2D eigenvalue weighted by molar-refractivity contribution is 5.72. The second-order valence-corrected chi connectivity index (χ2v) is 3.99. The first-order valence-electron chi connectivity index (χ1n) is 5.84. The topological polar surface area (TPSA) is 74.6 Å². The Kier molecular flexibility index (Phi) is 36.3. The highest BCUT2D eigenvalue weighted by Gasteiger charge is 1.69. The van der Waals surface area contributed by atoms with E-state index in [2.05, 4.69) is 6.92 Å². The minimum Gasteiger partial charge on any atom is -0.396 e. The number of carbonyl (C=O) groups is 2. The van der Waals surface area contributed by atoms with Crippen molar-refractivity contribution in [1.82, 2.24) is 0 Å². The van der Waals surface area contributed by atoms with Crippen LogP contribution in [0.25, 0.3) is 0 Å². The molecule has 0 rings (SSSR count). The third kappa shape index (κ3) is 1690. The fraction of sp³-hybridized carbons (Fsp3) is 0.846. The molecule has 0 aromatic carbocycles. The van der Waals surface area contributed by atoms with Crippen molar-refractivity contribution in [2.75, 3.05) is 6.61 Å². The van der Waals surface area contributed by atoms with E-state index in [0.717, 1.165) is 12.8 Å². The van der Waals surface area contributed by atoms with Gasteiger partial charge in [-0.1, -0.05) is 13.3 Å². The molecule has 0 aliphatic rings. The van der Waals surface area contributed by atoms with Gasteiger partial charge in [0.05, 0.1) is 0 Å². The SMILES string of the molecule is CC(C)=O.CC(C)=O.CC(C)O.CCCCO. The average molecular weight is 250 g/mol. The molecular weight excluding hydrogens is 220 g/mol. The van der Waals surface area contributed by atoms with Gasteiger partial charge in [-0.25, -0.2) is 0 Å². The number of carbonyl (C=O) groups excluding carboxylic acids is 2. The lowest BCUT2D eigenvalue weighted by molar-refractivity contribution is -0.115. The summed E-state index contributed by atoms with van der Waals surface area (Å²) in [5.74, 6) is 0.333. The highest BCUT2D eigenvalue weighted by atomic mass is 16.3. The van der Waals surface area contributed by atoms with Crippen LogP contribution in [0.4, 0.5) is 0 Å². The second-order valence-electron chi connectivity index (χ2n) is 3.99. The first-order chi connectivity index (χ1) is 7.61. The van der Waals surface area contributed by atoms with Gasteiger partial charge in [-0.3, -0.25) is 0 Å². The maximum absolute atomic E-state index is 9.44. The van der Waals surface area contributed by atoms with E-state index in [0.29, 0.717) is 6.61 Å². The van der Waals surface area contributed by atoms with Crippen LogP contribution in [0, 0.1) is 0 Å². The lowest BCUT2D eigenvalue weighted by Gasteiger charge is -1.80. The van der Waals surface area contributed by atoms with Crippen molar-refractivity contribution in [2.24, 2.45) is 0 Å². The predicted octanol–water partition coefficient (Wildman–Crippen LogP) is 2.36. The largest absolute Gasteiger partial charge is 0.396 e. The van der Waals surface area contributed by atoms with Gasteiger partial charge in [0.1, 0.15) is 11.6 Å². The molecule has 0 atom stereocenters. The van der Waals surface area contributed by atoms with Gasteiger partial charge in [0.25, 0.3) is 0 Å². The quantitative estimate of drug-likeness (QED) is 0.789. The molecular formula is C13H30O4. The van der Waals surface area contributed by atoms with Crippen molar-refractivity contribution in [2.45, 2.75) is 67.4 Å². The Balaban J connectivity index is -0.0000000667. The first-order valence-corrected chi connectivity index (χ1v) is 5.84. The molecule has 0 aromatic rings. The van der Waals surface area contributed by atoms with Crippen molar-refractivity contribution in [3.05, 3.63) is 0 Å².